The fourth-order valence-corrected chi connectivity index (χ4v) is 2.42. The second kappa shape index (κ2) is 6.00. The van der Waals surface area contributed by atoms with Crippen molar-refractivity contribution in [1.29, 1.82) is 0 Å². The number of aliphatic carboxylic acids is 1. The molecule has 6 heteroatoms. The quantitative estimate of drug-likeness (QED) is 0.862. The molecule has 0 saturated carbocycles. The summed E-state index contributed by atoms with van der Waals surface area (Å²) in [4.78, 5) is 27.4. The minimum absolute atomic E-state index is 0.103. The molecule has 0 spiro atoms. The van der Waals surface area contributed by atoms with E-state index in [2.05, 4.69) is 10.3 Å². The van der Waals surface area contributed by atoms with Crippen molar-refractivity contribution < 1.29 is 19.4 Å². The van der Waals surface area contributed by atoms with Crippen molar-refractivity contribution in [2.45, 2.75) is 31.7 Å². The lowest BCUT2D eigenvalue weighted by atomic mass is 9.86. The Kier molecular flexibility index (Phi) is 4.34. The van der Waals surface area contributed by atoms with E-state index in [-0.39, 0.29) is 12.3 Å². The standard InChI is InChI=1S/C14H18N2O4/c1-10-3-2-6-15-12(10)13(19)16-14(9-11(17)18)4-7-20-8-5-14/h2-3,6H,4-5,7-9H2,1H3,(H,16,19)(H,17,18). The van der Waals surface area contributed by atoms with Gasteiger partial charge in [-0.2, -0.15) is 0 Å². The Labute approximate surface area is 117 Å². The van der Waals surface area contributed by atoms with Gasteiger partial charge in [-0.15, -0.1) is 0 Å². The van der Waals surface area contributed by atoms with E-state index in [0.29, 0.717) is 31.7 Å². The lowest BCUT2D eigenvalue weighted by Gasteiger charge is -2.36. The van der Waals surface area contributed by atoms with Crippen LogP contribution in [0.3, 0.4) is 0 Å². The fraction of sp³-hybridized carbons (Fsp3) is 0.500. The van der Waals surface area contributed by atoms with Crippen molar-refractivity contribution in [3.05, 3.63) is 29.6 Å². The van der Waals surface area contributed by atoms with Crippen LogP contribution in [-0.2, 0) is 9.53 Å². The molecular formula is C14H18N2O4. The van der Waals surface area contributed by atoms with Gasteiger partial charge in [0.15, 0.2) is 0 Å². The third-order valence-corrected chi connectivity index (χ3v) is 3.54. The molecule has 1 aromatic rings. The molecule has 0 aliphatic carbocycles. The summed E-state index contributed by atoms with van der Waals surface area (Å²) in [5, 5.41) is 11.9. The highest BCUT2D eigenvalue weighted by Gasteiger charge is 2.37. The molecule has 2 N–H and O–H groups in total. The first-order valence-corrected chi connectivity index (χ1v) is 6.56. The molecule has 6 nitrogen and oxygen atoms in total. The highest BCUT2D eigenvalue weighted by molar-refractivity contribution is 5.94. The Morgan fingerprint density at radius 3 is 2.75 bits per heavy atom. The van der Waals surface area contributed by atoms with E-state index in [4.69, 9.17) is 9.84 Å². The van der Waals surface area contributed by atoms with Crippen molar-refractivity contribution in [3.8, 4) is 0 Å². The molecule has 20 heavy (non-hydrogen) atoms. The second-order valence-electron chi connectivity index (χ2n) is 5.09. The summed E-state index contributed by atoms with van der Waals surface area (Å²) < 4.78 is 5.26. The molecule has 0 atom stereocenters. The van der Waals surface area contributed by atoms with Crippen LogP contribution in [0.4, 0.5) is 0 Å². The molecule has 0 radical (unpaired) electrons. The van der Waals surface area contributed by atoms with Gasteiger partial charge in [-0.05, 0) is 31.4 Å². The first-order valence-electron chi connectivity index (χ1n) is 6.56. The van der Waals surface area contributed by atoms with Crippen LogP contribution in [0.2, 0.25) is 0 Å². The van der Waals surface area contributed by atoms with E-state index in [0.717, 1.165) is 5.56 Å². The van der Waals surface area contributed by atoms with Crippen LogP contribution in [0, 0.1) is 6.92 Å². The Morgan fingerprint density at radius 1 is 1.45 bits per heavy atom. The van der Waals surface area contributed by atoms with Gasteiger partial charge in [0.2, 0.25) is 0 Å². The number of amides is 1. The number of carboxylic acid groups (broad SMARTS) is 1. The first kappa shape index (κ1) is 14.5. The zero-order valence-electron chi connectivity index (χ0n) is 11.4. The van der Waals surface area contributed by atoms with Crippen molar-refractivity contribution >= 4 is 11.9 Å². The number of ether oxygens (including phenoxy) is 1. The summed E-state index contributed by atoms with van der Waals surface area (Å²) in [6.45, 7) is 2.71. The van der Waals surface area contributed by atoms with Crippen LogP contribution < -0.4 is 5.32 Å². The predicted molar refractivity (Wildman–Crippen MR) is 71.5 cm³/mol. The van der Waals surface area contributed by atoms with Gasteiger partial charge in [-0.1, -0.05) is 6.07 Å². The van der Waals surface area contributed by atoms with E-state index in [1.807, 2.05) is 0 Å². The van der Waals surface area contributed by atoms with Gasteiger partial charge in [0.25, 0.3) is 5.91 Å². The molecule has 1 fully saturated rings. The summed E-state index contributed by atoms with van der Waals surface area (Å²) in [5.41, 5.74) is 0.358. The molecule has 1 saturated heterocycles. The molecule has 1 aliphatic rings. The number of nitrogens with zero attached hydrogens (tertiary/aromatic N) is 1. The van der Waals surface area contributed by atoms with Gasteiger partial charge < -0.3 is 15.2 Å². The molecule has 108 valence electrons. The molecule has 0 bridgehead atoms. The van der Waals surface area contributed by atoms with Crippen LogP contribution in [-0.4, -0.2) is 40.7 Å². The molecule has 1 amide bonds. The van der Waals surface area contributed by atoms with Gasteiger partial charge in [0.1, 0.15) is 5.69 Å². The van der Waals surface area contributed by atoms with Gasteiger partial charge in [0, 0.05) is 19.4 Å². The van der Waals surface area contributed by atoms with Crippen LogP contribution in [0.15, 0.2) is 18.3 Å². The number of aromatic nitrogens is 1. The van der Waals surface area contributed by atoms with Crippen LogP contribution >= 0.6 is 0 Å². The number of rotatable bonds is 4. The lowest BCUT2D eigenvalue weighted by Crippen LogP contribution is -2.53. The van der Waals surface area contributed by atoms with E-state index in [1.165, 1.54) is 0 Å². The summed E-state index contributed by atoms with van der Waals surface area (Å²) in [6.07, 6.45) is 2.44. The maximum absolute atomic E-state index is 12.3. The average molecular weight is 278 g/mol. The van der Waals surface area contributed by atoms with Gasteiger partial charge in [-0.3, -0.25) is 14.6 Å². The molecule has 1 aromatic heterocycles. The van der Waals surface area contributed by atoms with Crippen molar-refractivity contribution in [2.75, 3.05) is 13.2 Å². The Hall–Kier alpha value is -1.95. The number of carbonyl (C=O) groups is 2. The number of hydrogen-bond donors (Lipinski definition) is 2. The van der Waals surface area contributed by atoms with Crippen LogP contribution in [0.25, 0.3) is 0 Å². The monoisotopic (exact) mass is 278 g/mol. The summed E-state index contributed by atoms with van der Waals surface area (Å²) in [7, 11) is 0. The highest BCUT2D eigenvalue weighted by Crippen LogP contribution is 2.25. The predicted octanol–water partition coefficient (Wildman–Crippen LogP) is 1.14. The van der Waals surface area contributed by atoms with Crippen molar-refractivity contribution in [1.82, 2.24) is 10.3 Å². The van der Waals surface area contributed by atoms with E-state index in [1.54, 1.807) is 25.3 Å². The van der Waals surface area contributed by atoms with E-state index < -0.39 is 11.5 Å². The number of carboxylic acids is 1. The number of hydrogen-bond acceptors (Lipinski definition) is 4. The van der Waals surface area contributed by atoms with Crippen molar-refractivity contribution in [2.24, 2.45) is 0 Å². The Bertz CT molecular complexity index is 510. The smallest absolute Gasteiger partial charge is 0.305 e. The fourth-order valence-electron chi connectivity index (χ4n) is 2.42. The molecule has 2 rings (SSSR count). The Balaban J connectivity index is 2.17. The molecule has 2 heterocycles. The third-order valence-electron chi connectivity index (χ3n) is 3.54. The average Bonchev–Trinajstić information content (AvgIpc) is 2.39. The van der Waals surface area contributed by atoms with Gasteiger partial charge >= 0.3 is 5.97 Å². The van der Waals surface area contributed by atoms with Gasteiger partial charge in [-0.25, -0.2) is 0 Å². The van der Waals surface area contributed by atoms with E-state index in [9.17, 15) is 9.59 Å². The minimum atomic E-state index is -0.926. The maximum Gasteiger partial charge on any atom is 0.305 e. The summed E-state index contributed by atoms with van der Waals surface area (Å²) in [5.74, 6) is -1.25. The highest BCUT2D eigenvalue weighted by atomic mass is 16.5. The SMILES string of the molecule is Cc1cccnc1C(=O)NC1(CC(=O)O)CCOCC1. The second-order valence-corrected chi connectivity index (χ2v) is 5.09. The molecule has 0 aromatic carbocycles. The van der Waals surface area contributed by atoms with E-state index >= 15 is 0 Å². The van der Waals surface area contributed by atoms with Crippen LogP contribution in [0.5, 0.6) is 0 Å². The van der Waals surface area contributed by atoms with Crippen LogP contribution in [0.1, 0.15) is 35.3 Å². The minimum Gasteiger partial charge on any atom is -0.481 e. The largest absolute Gasteiger partial charge is 0.481 e. The van der Waals surface area contributed by atoms with Crippen molar-refractivity contribution in [3.63, 3.8) is 0 Å². The Morgan fingerprint density at radius 2 is 2.15 bits per heavy atom. The third kappa shape index (κ3) is 3.33. The zero-order valence-corrected chi connectivity index (χ0v) is 11.4. The maximum atomic E-state index is 12.3. The number of aryl methyl sites for hydroxylation is 1. The first-order chi connectivity index (χ1) is 9.52. The zero-order chi connectivity index (χ0) is 14.6. The summed E-state index contributed by atoms with van der Waals surface area (Å²) >= 11 is 0. The van der Waals surface area contributed by atoms with Gasteiger partial charge in [0.05, 0.1) is 12.0 Å². The molecular weight excluding hydrogens is 260 g/mol. The summed E-state index contributed by atoms with van der Waals surface area (Å²) in [6, 6.07) is 3.56. The number of pyridine rings is 1. The number of carbonyl (C=O) groups excluding carboxylic acids is 1. The number of nitrogens with one attached hydrogen (secondary N) is 1. The molecule has 1 aliphatic heterocycles. The lowest BCUT2D eigenvalue weighted by molar-refractivity contribution is -0.139. The normalized spacial score (nSPS) is 17.4. The topological polar surface area (TPSA) is 88.5 Å². The molecule has 0 unspecified atom stereocenters.